The minimum Gasteiger partial charge on any atom is -0.507 e. The summed E-state index contributed by atoms with van der Waals surface area (Å²) in [6, 6.07) is 8.36. The van der Waals surface area contributed by atoms with Crippen LogP contribution in [0.15, 0.2) is 44.4 Å². The standard InChI is InChI=1S/C15H11Br2ClN2O2/c1-8-2-3-10(13(18)4-8)15(22)20-19-7-9-5-14(21)12(17)6-11(9)16/h2-7,21H,1H3,(H,20,22)/b19-7-. The second-order valence-corrected chi connectivity index (χ2v) is 6.62. The van der Waals surface area contributed by atoms with Crippen LogP contribution < -0.4 is 5.43 Å². The largest absolute Gasteiger partial charge is 0.507 e. The first kappa shape index (κ1) is 17.0. The molecule has 0 saturated carbocycles. The molecule has 0 fully saturated rings. The van der Waals surface area contributed by atoms with Gasteiger partial charge in [-0.05, 0) is 52.7 Å². The van der Waals surface area contributed by atoms with Crippen LogP contribution in [0.5, 0.6) is 5.75 Å². The highest BCUT2D eigenvalue weighted by atomic mass is 79.9. The van der Waals surface area contributed by atoms with Gasteiger partial charge in [-0.2, -0.15) is 5.10 Å². The van der Waals surface area contributed by atoms with Crippen LogP contribution in [-0.2, 0) is 0 Å². The number of amides is 1. The lowest BCUT2D eigenvalue weighted by Crippen LogP contribution is -2.18. The molecule has 0 spiro atoms. The number of carbonyl (C=O) groups excluding carboxylic acids is 1. The van der Waals surface area contributed by atoms with E-state index in [1.54, 1.807) is 24.3 Å². The van der Waals surface area contributed by atoms with Crippen LogP contribution in [-0.4, -0.2) is 17.2 Å². The molecular formula is C15H11Br2ClN2O2. The number of phenols is 1. The summed E-state index contributed by atoms with van der Waals surface area (Å²) in [6.45, 7) is 1.89. The fourth-order valence-corrected chi connectivity index (χ4v) is 3.09. The van der Waals surface area contributed by atoms with E-state index in [2.05, 4.69) is 42.4 Å². The molecule has 2 aromatic carbocycles. The van der Waals surface area contributed by atoms with Crippen LogP contribution in [0.4, 0.5) is 0 Å². The number of nitrogens with one attached hydrogen (secondary N) is 1. The molecule has 2 aromatic rings. The number of halogens is 3. The van der Waals surface area contributed by atoms with E-state index in [1.165, 1.54) is 12.3 Å². The van der Waals surface area contributed by atoms with Gasteiger partial charge in [-0.25, -0.2) is 5.43 Å². The molecule has 0 heterocycles. The van der Waals surface area contributed by atoms with Crippen molar-refractivity contribution in [3.8, 4) is 5.75 Å². The van der Waals surface area contributed by atoms with Gasteiger partial charge in [0.1, 0.15) is 5.75 Å². The normalized spacial score (nSPS) is 10.9. The molecule has 0 aliphatic carbocycles. The second-order valence-electron chi connectivity index (χ2n) is 4.51. The number of carbonyl (C=O) groups is 1. The number of hydrogen-bond acceptors (Lipinski definition) is 3. The lowest BCUT2D eigenvalue weighted by Gasteiger charge is -2.04. The number of aromatic hydroxyl groups is 1. The van der Waals surface area contributed by atoms with E-state index in [0.717, 1.165) is 10.0 Å². The Labute approximate surface area is 149 Å². The highest BCUT2D eigenvalue weighted by Gasteiger charge is 2.09. The number of hydrogen-bond donors (Lipinski definition) is 2. The van der Waals surface area contributed by atoms with Gasteiger partial charge >= 0.3 is 0 Å². The van der Waals surface area contributed by atoms with Crippen molar-refractivity contribution >= 4 is 55.6 Å². The Morgan fingerprint density at radius 2 is 2.00 bits per heavy atom. The quantitative estimate of drug-likeness (QED) is 0.533. The summed E-state index contributed by atoms with van der Waals surface area (Å²) in [4.78, 5) is 12.0. The summed E-state index contributed by atoms with van der Waals surface area (Å²) in [5, 5.41) is 13.9. The molecule has 7 heteroatoms. The van der Waals surface area contributed by atoms with E-state index in [9.17, 15) is 9.90 Å². The summed E-state index contributed by atoms with van der Waals surface area (Å²) >= 11 is 12.6. The highest BCUT2D eigenvalue weighted by Crippen LogP contribution is 2.29. The zero-order valence-electron chi connectivity index (χ0n) is 11.4. The molecule has 0 atom stereocenters. The third kappa shape index (κ3) is 4.09. The molecule has 2 N–H and O–H groups in total. The molecule has 0 aliphatic rings. The summed E-state index contributed by atoms with van der Waals surface area (Å²) in [5.74, 6) is -0.323. The summed E-state index contributed by atoms with van der Waals surface area (Å²) in [5.41, 5.74) is 4.34. The minimum atomic E-state index is -0.404. The average Bonchev–Trinajstić information content (AvgIpc) is 2.44. The number of hydrazone groups is 1. The van der Waals surface area contributed by atoms with Gasteiger partial charge in [0, 0.05) is 10.0 Å². The summed E-state index contributed by atoms with van der Waals surface area (Å²) < 4.78 is 1.29. The van der Waals surface area contributed by atoms with E-state index >= 15 is 0 Å². The van der Waals surface area contributed by atoms with Crippen molar-refractivity contribution in [1.29, 1.82) is 0 Å². The van der Waals surface area contributed by atoms with E-state index < -0.39 is 5.91 Å². The smallest absolute Gasteiger partial charge is 0.272 e. The topological polar surface area (TPSA) is 61.7 Å². The van der Waals surface area contributed by atoms with Crippen molar-refractivity contribution in [3.63, 3.8) is 0 Å². The van der Waals surface area contributed by atoms with E-state index in [1.807, 2.05) is 6.92 Å². The first-order chi connectivity index (χ1) is 10.4. The van der Waals surface area contributed by atoms with Gasteiger partial charge < -0.3 is 5.11 Å². The van der Waals surface area contributed by atoms with Crippen LogP contribution in [0.1, 0.15) is 21.5 Å². The van der Waals surface area contributed by atoms with Crippen LogP contribution in [0.2, 0.25) is 5.02 Å². The molecule has 114 valence electrons. The fraction of sp³-hybridized carbons (Fsp3) is 0.0667. The fourth-order valence-electron chi connectivity index (χ4n) is 1.68. The zero-order chi connectivity index (χ0) is 16.3. The van der Waals surface area contributed by atoms with Crippen molar-refractivity contribution < 1.29 is 9.90 Å². The predicted molar refractivity (Wildman–Crippen MR) is 94.8 cm³/mol. The third-order valence-electron chi connectivity index (χ3n) is 2.81. The predicted octanol–water partition coefficient (Wildman–Crippen LogP) is 4.64. The Kier molecular flexibility index (Phi) is 5.61. The van der Waals surface area contributed by atoms with Crippen molar-refractivity contribution in [2.24, 2.45) is 5.10 Å². The maximum absolute atomic E-state index is 12.0. The van der Waals surface area contributed by atoms with Crippen LogP contribution in [0, 0.1) is 6.92 Å². The number of nitrogens with zero attached hydrogens (tertiary/aromatic N) is 1. The molecule has 4 nitrogen and oxygen atoms in total. The van der Waals surface area contributed by atoms with Gasteiger partial charge in [0.05, 0.1) is 21.3 Å². The zero-order valence-corrected chi connectivity index (χ0v) is 15.3. The van der Waals surface area contributed by atoms with Crippen molar-refractivity contribution in [2.45, 2.75) is 6.92 Å². The number of benzene rings is 2. The lowest BCUT2D eigenvalue weighted by atomic mass is 10.1. The van der Waals surface area contributed by atoms with E-state index in [-0.39, 0.29) is 5.75 Å². The lowest BCUT2D eigenvalue weighted by molar-refractivity contribution is 0.0955. The molecule has 0 aliphatic heterocycles. The van der Waals surface area contributed by atoms with Crippen LogP contribution in [0.25, 0.3) is 0 Å². The number of phenolic OH excluding ortho intramolecular Hbond substituents is 1. The number of aryl methyl sites for hydroxylation is 1. The molecule has 0 aromatic heterocycles. The minimum absolute atomic E-state index is 0.0811. The Morgan fingerprint density at radius 3 is 2.68 bits per heavy atom. The van der Waals surface area contributed by atoms with E-state index in [4.69, 9.17) is 11.6 Å². The van der Waals surface area contributed by atoms with Crippen molar-refractivity contribution in [2.75, 3.05) is 0 Å². The van der Waals surface area contributed by atoms with Gasteiger partial charge in [-0.3, -0.25) is 4.79 Å². The molecule has 2 rings (SSSR count). The summed E-state index contributed by atoms with van der Waals surface area (Å²) in [6.07, 6.45) is 1.43. The first-order valence-electron chi connectivity index (χ1n) is 6.16. The number of rotatable bonds is 3. The molecule has 0 radical (unpaired) electrons. The summed E-state index contributed by atoms with van der Waals surface area (Å²) in [7, 11) is 0. The van der Waals surface area contributed by atoms with Gasteiger partial charge in [0.25, 0.3) is 5.91 Å². The molecule has 0 bridgehead atoms. The Morgan fingerprint density at radius 1 is 1.27 bits per heavy atom. The Balaban J connectivity index is 2.12. The monoisotopic (exact) mass is 444 g/mol. The van der Waals surface area contributed by atoms with Crippen molar-refractivity contribution in [1.82, 2.24) is 5.43 Å². The average molecular weight is 447 g/mol. The van der Waals surface area contributed by atoms with Gasteiger partial charge in [-0.1, -0.05) is 33.6 Å². The first-order valence-corrected chi connectivity index (χ1v) is 8.12. The van der Waals surface area contributed by atoms with Gasteiger partial charge in [0.2, 0.25) is 0 Å². The third-order valence-corrected chi connectivity index (χ3v) is 4.44. The van der Waals surface area contributed by atoms with Gasteiger partial charge in [-0.15, -0.1) is 0 Å². The maximum atomic E-state index is 12.0. The van der Waals surface area contributed by atoms with E-state index in [0.29, 0.717) is 20.6 Å². The van der Waals surface area contributed by atoms with Crippen LogP contribution >= 0.6 is 43.5 Å². The molecule has 0 unspecified atom stereocenters. The molecule has 1 amide bonds. The second kappa shape index (κ2) is 7.26. The van der Waals surface area contributed by atoms with Gasteiger partial charge in [0.15, 0.2) is 0 Å². The maximum Gasteiger partial charge on any atom is 0.272 e. The Bertz CT molecular complexity index is 763. The van der Waals surface area contributed by atoms with Crippen LogP contribution in [0.3, 0.4) is 0 Å². The SMILES string of the molecule is Cc1ccc(C(=O)N/N=C\c2cc(O)c(Br)cc2Br)c(Cl)c1. The highest BCUT2D eigenvalue weighted by molar-refractivity contribution is 9.11. The molecular weight excluding hydrogens is 435 g/mol. The molecule has 0 saturated heterocycles. The van der Waals surface area contributed by atoms with Crippen molar-refractivity contribution in [3.05, 3.63) is 61.0 Å². The Hall–Kier alpha value is -1.37. The molecule has 22 heavy (non-hydrogen) atoms.